The topological polar surface area (TPSA) is 65.1 Å². The van der Waals surface area contributed by atoms with Crippen LogP contribution in [0.1, 0.15) is 32.1 Å². The normalized spacial score (nSPS) is 26.2. The third kappa shape index (κ3) is 6.96. The molecule has 1 N–H and O–H groups in total. The van der Waals surface area contributed by atoms with Gasteiger partial charge < -0.3 is 19.9 Å². The summed E-state index contributed by atoms with van der Waals surface area (Å²) in [5.41, 5.74) is 0. The molecule has 4 aliphatic rings. The lowest BCUT2D eigenvalue weighted by Crippen LogP contribution is -2.47. The zero-order valence-electron chi connectivity index (χ0n) is 17.2. The summed E-state index contributed by atoms with van der Waals surface area (Å²) in [6.07, 6.45) is 5.23. The minimum Gasteiger partial charge on any atom is -0.379 e. The van der Waals surface area contributed by atoms with Gasteiger partial charge in [0.2, 0.25) is 11.8 Å². The van der Waals surface area contributed by atoms with Gasteiger partial charge in [-0.2, -0.15) is 0 Å². The highest BCUT2D eigenvalue weighted by Gasteiger charge is 2.37. The Balaban J connectivity index is 0.00000150. The first-order valence-electron chi connectivity index (χ1n) is 10.8. The van der Waals surface area contributed by atoms with Crippen molar-refractivity contribution >= 4 is 36.6 Å². The second-order valence-electron chi connectivity index (χ2n) is 8.65. The van der Waals surface area contributed by atoms with Crippen LogP contribution in [0.3, 0.4) is 0 Å². The van der Waals surface area contributed by atoms with Crippen LogP contribution in [0, 0.1) is 11.8 Å². The van der Waals surface area contributed by atoms with E-state index in [0.29, 0.717) is 19.0 Å². The van der Waals surface area contributed by atoms with Crippen LogP contribution in [-0.4, -0.2) is 98.1 Å². The van der Waals surface area contributed by atoms with E-state index in [9.17, 15) is 9.59 Å². The first kappa shape index (κ1) is 24.7. The molecule has 1 saturated carbocycles. The van der Waals surface area contributed by atoms with Crippen LogP contribution in [0.2, 0.25) is 0 Å². The molecule has 0 radical (unpaired) electrons. The molecule has 9 heteroatoms. The largest absolute Gasteiger partial charge is 0.379 e. The number of nitrogens with zero attached hydrogens (tertiary/aromatic N) is 3. The lowest BCUT2D eigenvalue weighted by atomic mass is 10.0. The minimum atomic E-state index is -0.141. The monoisotopic (exact) mass is 450 g/mol. The van der Waals surface area contributed by atoms with Gasteiger partial charge in [-0.25, -0.2) is 0 Å². The molecule has 1 atom stereocenters. The molecule has 0 spiro atoms. The highest BCUT2D eigenvalue weighted by atomic mass is 35.5. The molecule has 0 aromatic rings. The van der Waals surface area contributed by atoms with Crippen molar-refractivity contribution in [3.8, 4) is 0 Å². The summed E-state index contributed by atoms with van der Waals surface area (Å²) >= 11 is 0. The smallest absolute Gasteiger partial charge is 0.227 e. The average Bonchev–Trinajstić information content (AvgIpc) is 3.47. The van der Waals surface area contributed by atoms with Crippen LogP contribution < -0.4 is 5.32 Å². The number of piperidine rings is 1. The summed E-state index contributed by atoms with van der Waals surface area (Å²) in [5.74, 6) is 1.09. The van der Waals surface area contributed by atoms with Crippen LogP contribution in [0.25, 0.3) is 0 Å². The summed E-state index contributed by atoms with van der Waals surface area (Å²) in [7, 11) is 0. The number of morpholine rings is 1. The number of carbonyl (C=O) groups is 2. The number of hydrogen-bond acceptors (Lipinski definition) is 5. The van der Waals surface area contributed by atoms with Crippen molar-refractivity contribution in [1.82, 2.24) is 20.0 Å². The van der Waals surface area contributed by atoms with Crippen LogP contribution >= 0.6 is 24.8 Å². The molecule has 7 nitrogen and oxygen atoms in total. The van der Waals surface area contributed by atoms with Crippen LogP contribution in [0.4, 0.5) is 0 Å². The van der Waals surface area contributed by atoms with Gasteiger partial charge in [-0.3, -0.25) is 14.5 Å². The fourth-order valence-electron chi connectivity index (χ4n) is 4.46. The Kier molecular flexibility index (Phi) is 9.95. The molecule has 29 heavy (non-hydrogen) atoms. The Morgan fingerprint density at radius 3 is 2.34 bits per heavy atom. The molecule has 1 unspecified atom stereocenters. The summed E-state index contributed by atoms with van der Waals surface area (Å²) in [5, 5.41) is 3.66. The van der Waals surface area contributed by atoms with E-state index in [1.54, 1.807) is 0 Å². The number of rotatable bonds is 7. The Hall–Kier alpha value is -0.600. The van der Waals surface area contributed by atoms with E-state index >= 15 is 0 Å². The first-order chi connectivity index (χ1) is 13.2. The maximum absolute atomic E-state index is 12.9. The lowest BCUT2D eigenvalue weighted by molar-refractivity contribution is -0.136. The first-order valence-corrected chi connectivity index (χ1v) is 10.8. The number of hydrogen-bond donors (Lipinski definition) is 1. The Morgan fingerprint density at radius 2 is 1.69 bits per heavy atom. The summed E-state index contributed by atoms with van der Waals surface area (Å²) < 4.78 is 5.37. The Labute approximate surface area is 186 Å². The fraction of sp³-hybridized carbons (Fsp3) is 0.900. The van der Waals surface area contributed by atoms with Crippen molar-refractivity contribution < 1.29 is 14.3 Å². The zero-order valence-corrected chi connectivity index (χ0v) is 18.9. The number of nitrogens with one attached hydrogen (secondary N) is 1. The summed E-state index contributed by atoms with van der Waals surface area (Å²) in [6, 6.07) is 0.560. The number of amides is 2. The Morgan fingerprint density at radius 1 is 1.00 bits per heavy atom. The van der Waals surface area contributed by atoms with Gasteiger partial charge in [0.05, 0.1) is 19.1 Å². The maximum Gasteiger partial charge on any atom is 0.227 e. The molecular weight excluding hydrogens is 415 g/mol. The van der Waals surface area contributed by atoms with E-state index in [2.05, 4.69) is 10.2 Å². The van der Waals surface area contributed by atoms with Crippen molar-refractivity contribution in [1.29, 1.82) is 0 Å². The van der Waals surface area contributed by atoms with E-state index in [1.807, 2.05) is 9.80 Å². The number of halogens is 2. The molecule has 3 saturated heterocycles. The Bertz CT molecular complexity index is 536. The van der Waals surface area contributed by atoms with Gasteiger partial charge in [-0.15, -0.1) is 24.8 Å². The molecule has 0 aromatic carbocycles. The number of likely N-dealkylation sites (tertiary alicyclic amines) is 2. The SMILES string of the molecule is Cl.Cl.O=C1CC(C(=O)N2CCC(NCC3CC3)CC2)CN1CCN1CCOCC1. The molecule has 3 heterocycles. The molecule has 4 rings (SSSR count). The van der Waals surface area contributed by atoms with Gasteiger partial charge in [0.15, 0.2) is 0 Å². The van der Waals surface area contributed by atoms with Gasteiger partial charge in [-0.05, 0) is 38.1 Å². The van der Waals surface area contributed by atoms with E-state index in [-0.39, 0.29) is 42.5 Å². The number of ether oxygens (including phenoxy) is 1. The second-order valence-corrected chi connectivity index (χ2v) is 8.65. The molecule has 3 aliphatic heterocycles. The van der Waals surface area contributed by atoms with Gasteiger partial charge >= 0.3 is 0 Å². The van der Waals surface area contributed by atoms with Gasteiger partial charge in [0.25, 0.3) is 0 Å². The molecule has 168 valence electrons. The summed E-state index contributed by atoms with van der Waals surface area (Å²) in [4.78, 5) is 31.5. The van der Waals surface area contributed by atoms with Gasteiger partial charge in [-0.1, -0.05) is 0 Å². The van der Waals surface area contributed by atoms with Crippen molar-refractivity contribution in [2.75, 3.05) is 65.6 Å². The second kappa shape index (κ2) is 11.7. The van der Waals surface area contributed by atoms with E-state index < -0.39 is 0 Å². The van der Waals surface area contributed by atoms with Crippen LogP contribution in [-0.2, 0) is 14.3 Å². The third-order valence-corrected chi connectivity index (χ3v) is 6.55. The van der Waals surface area contributed by atoms with Gasteiger partial charge in [0, 0.05) is 58.3 Å². The molecule has 2 amide bonds. The van der Waals surface area contributed by atoms with Crippen LogP contribution in [0.15, 0.2) is 0 Å². The van der Waals surface area contributed by atoms with E-state index in [1.165, 1.54) is 12.8 Å². The third-order valence-electron chi connectivity index (χ3n) is 6.55. The molecule has 1 aliphatic carbocycles. The van der Waals surface area contributed by atoms with Crippen molar-refractivity contribution in [3.05, 3.63) is 0 Å². The lowest BCUT2D eigenvalue weighted by Gasteiger charge is -2.34. The highest BCUT2D eigenvalue weighted by molar-refractivity contribution is 5.89. The maximum atomic E-state index is 12.9. The average molecular weight is 451 g/mol. The predicted octanol–water partition coefficient (Wildman–Crippen LogP) is 1.00. The van der Waals surface area contributed by atoms with Crippen molar-refractivity contribution in [2.45, 2.75) is 38.1 Å². The van der Waals surface area contributed by atoms with Crippen LogP contribution in [0.5, 0.6) is 0 Å². The molecule has 0 bridgehead atoms. The summed E-state index contributed by atoms with van der Waals surface area (Å²) in [6.45, 7) is 8.46. The predicted molar refractivity (Wildman–Crippen MR) is 117 cm³/mol. The van der Waals surface area contributed by atoms with E-state index in [4.69, 9.17) is 4.74 Å². The van der Waals surface area contributed by atoms with Crippen molar-refractivity contribution in [2.24, 2.45) is 11.8 Å². The zero-order chi connectivity index (χ0) is 18.6. The van der Waals surface area contributed by atoms with Gasteiger partial charge in [0.1, 0.15) is 0 Å². The highest BCUT2D eigenvalue weighted by Crippen LogP contribution is 2.28. The minimum absolute atomic E-state index is 0. The van der Waals surface area contributed by atoms with E-state index in [0.717, 1.165) is 77.8 Å². The van der Waals surface area contributed by atoms with Crippen molar-refractivity contribution in [3.63, 3.8) is 0 Å². The fourth-order valence-corrected chi connectivity index (χ4v) is 4.46. The quantitative estimate of drug-likeness (QED) is 0.626. The molecular formula is C20H36Cl2N4O3. The standard InChI is InChI=1S/C20H34N4O3.2ClH/c25-19-13-17(15-24(19)8-7-22-9-11-27-12-10-22)20(26)23-5-3-18(4-6-23)21-14-16-1-2-16;;/h16-18,21H,1-15H2;2*1H. The number of carbonyl (C=O) groups excluding carboxylic acids is 2. The molecule has 0 aromatic heterocycles. The molecule has 4 fully saturated rings.